The third kappa shape index (κ3) is 3.60. The van der Waals surface area contributed by atoms with Crippen molar-refractivity contribution in [2.24, 2.45) is 0 Å². The summed E-state index contributed by atoms with van der Waals surface area (Å²) in [6, 6.07) is 19.5. The van der Waals surface area contributed by atoms with Crippen LogP contribution >= 0.6 is 0 Å². The third-order valence-electron chi connectivity index (χ3n) is 3.82. The van der Waals surface area contributed by atoms with E-state index in [4.69, 9.17) is 10.00 Å². The van der Waals surface area contributed by atoms with Crippen molar-refractivity contribution in [3.05, 3.63) is 95.1 Å². The number of hydrogen-bond acceptors (Lipinski definition) is 3. The van der Waals surface area contributed by atoms with Gasteiger partial charge in [0.15, 0.2) is 11.6 Å². The van der Waals surface area contributed by atoms with E-state index in [1.54, 1.807) is 42.5 Å². The van der Waals surface area contributed by atoms with Crippen LogP contribution in [0, 0.1) is 23.0 Å². The predicted molar refractivity (Wildman–Crippen MR) is 92.1 cm³/mol. The van der Waals surface area contributed by atoms with Gasteiger partial charge in [0.25, 0.3) is 0 Å². The SMILES string of the molecule is N#Cc1cccc(-c2ccc(C(=O)OCc3ccccc3)c(F)c2F)c1. The Morgan fingerprint density at radius 3 is 2.46 bits per heavy atom. The van der Waals surface area contributed by atoms with Gasteiger partial charge in [-0.2, -0.15) is 5.26 Å². The third-order valence-corrected chi connectivity index (χ3v) is 3.82. The summed E-state index contributed by atoms with van der Waals surface area (Å²) >= 11 is 0. The molecule has 0 saturated heterocycles. The van der Waals surface area contributed by atoms with E-state index in [1.165, 1.54) is 18.2 Å². The number of carbonyl (C=O) groups is 1. The van der Waals surface area contributed by atoms with E-state index in [0.29, 0.717) is 11.1 Å². The van der Waals surface area contributed by atoms with Gasteiger partial charge in [0, 0.05) is 5.56 Å². The van der Waals surface area contributed by atoms with E-state index in [9.17, 15) is 13.6 Å². The molecule has 0 aliphatic rings. The fourth-order valence-corrected chi connectivity index (χ4v) is 2.49. The summed E-state index contributed by atoms with van der Waals surface area (Å²) in [5, 5.41) is 8.92. The van der Waals surface area contributed by atoms with E-state index < -0.39 is 23.2 Å². The molecule has 0 atom stereocenters. The van der Waals surface area contributed by atoms with Gasteiger partial charge < -0.3 is 4.74 Å². The van der Waals surface area contributed by atoms with Crippen LogP contribution in [0.25, 0.3) is 11.1 Å². The molecule has 3 aromatic carbocycles. The Hall–Kier alpha value is -3.52. The molecule has 0 saturated carbocycles. The number of hydrogen-bond donors (Lipinski definition) is 0. The lowest BCUT2D eigenvalue weighted by atomic mass is 10.0. The van der Waals surface area contributed by atoms with Crippen molar-refractivity contribution >= 4 is 5.97 Å². The summed E-state index contributed by atoms with van der Waals surface area (Å²) in [7, 11) is 0. The van der Waals surface area contributed by atoms with Crippen LogP contribution in [0.2, 0.25) is 0 Å². The summed E-state index contributed by atoms with van der Waals surface area (Å²) < 4.78 is 33.9. The second-order valence-electron chi connectivity index (χ2n) is 5.54. The molecular formula is C21H13F2NO2. The summed E-state index contributed by atoms with van der Waals surface area (Å²) in [4.78, 5) is 12.1. The number of esters is 1. The van der Waals surface area contributed by atoms with Gasteiger partial charge in [-0.05, 0) is 29.3 Å². The van der Waals surface area contributed by atoms with Crippen LogP contribution in [0.15, 0.2) is 66.7 Å². The van der Waals surface area contributed by atoms with Gasteiger partial charge in [-0.25, -0.2) is 13.6 Å². The van der Waals surface area contributed by atoms with Crippen molar-refractivity contribution < 1.29 is 18.3 Å². The summed E-state index contributed by atoms with van der Waals surface area (Å²) in [5.74, 6) is -3.38. The molecule has 0 aromatic heterocycles. The first kappa shape index (κ1) is 17.3. The highest BCUT2D eigenvalue weighted by molar-refractivity contribution is 5.90. The number of rotatable bonds is 4. The van der Waals surface area contributed by atoms with Crippen molar-refractivity contribution in [2.45, 2.75) is 6.61 Å². The van der Waals surface area contributed by atoms with Crippen LogP contribution < -0.4 is 0 Å². The number of halogens is 2. The summed E-state index contributed by atoms with van der Waals surface area (Å²) in [6.07, 6.45) is 0. The minimum Gasteiger partial charge on any atom is -0.457 e. The van der Waals surface area contributed by atoms with Crippen LogP contribution in [0.1, 0.15) is 21.5 Å². The fraction of sp³-hybridized carbons (Fsp3) is 0.0476. The van der Waals surface area contributed by atoms with Gasteiger partial charge >= 0.3 is 5.97 Å². The molecule has 3 nitrogen and oxygen atoms in total. The lowest BCUT2D eigenvalue weighted by Gasteiger charge is -2.09. The molecule has 5 heteroatoms. The Balaban J connectivity index is 1.85. The van der Waals surface area contributed by atoms with Crippen LogP contribution in [0.3, 0.4) is 0 Å². The van der Waals surface area contributed by atoms with Crippen LogP contribution in [0.5, 0.6) is 0 Å². The van der Waals surface area contributed by atoms with E-state index >= 15 is 0 Å². The maximum Gasteiger partial charge on any atom is 0.341 e. The molecular weight excluding hydrogens is 336 g/mol. The van der Waals surface area contributed by atoms with Crippen LogP contribution in [-0.2, 0) is 11.3 Å². The highest BCUT2D eigenvalue weighted by Gasteiger charge is 2.20. The van der Waals surface area contributed by atoms with Crippen molar-refractivity contribution in [2.75, 3.05) is 0 Å². The molecule has 0 heterocycles. The Labute approximate surface area is 149 Å². The Bertz CT molecular complexity index is 995. The van der Waals surface area contributed by atoms with Gasteiger partial charge in [-0.15, -0.1) is 0 Å². The van der Waals surface area contributed by atoms with Gasteiger partial charge in [-0.3, -0.25) is 0 Å². The topological polar surface area (TPSA) is 50.1 Å². The van der Waals surface area contributed by atoms with Gasteiger partial charge in [-0.1, -0.05) is 48.5 Å². The van der Waals surface area contributed by atoms with Gasteiger partial charge in [0.2, 0.25) is 0 Å². The highest BCUT2D eigenvalue weighted by atomic mass is 19.2. The van der Waals surface area contributed by atoms with Gasteiger partial charge in [0.1, 0.15) is 6.61 Å². The fourth-order valence-electron chi connectivity index (χ4n) is 2.49. The molecule has 0 amide bonds. The molecule has 3 aromatic rings. The zero-order valence-corrected chi connectivity index (χ0v) is 13.6. The van der Waals surface area contributed by atoms with Crippen molar-refractivity contribution in [1.29, 1.82) is 5.26 Å². The van der Waals surface area contributed by atoms with Gasteiger partial charge in [0.05, 0.1) is 17.2 Å². The second kappa shape index (κ2) is 7.58. The number of nitriles is 1. The smallest absolute Gasteiger partial charge is 0.341 e. The maximum absolute atomic E-state index is 14.4. The summed E-state index contributed by atoms with van der Waals surface area (Å²) in [6.45, 7) is -0.0350. The lowest BCUT2D eigenvalue weighted by molar-refractivity contribution is 0.0466. The standard InChI is InChI=1S/C21H13F2NO2/c22-19-17(16-8-4-7-15(11-16)12-24)9-10-18(20(19)23)21(25)26-13-14-5-2-1-3-6-14/h1-11H,13H2. The predicted octanol–water partition coefficient (Wildman–Crippen LogP) is 4.86. The number of ether oxygens (including phenoxy) is 1. The van der Waals surface area contributed by atoms with E-state index in [2.05, 4.69) is 0 Å². The highest BCUT2D eigenvalue weighted by Crippen LogP contribution is 2.27. The first-order valence-electron chi connectivity index (χ1n) is 7.79. The van der Waals surface area contributed by atoms with Crippen LogP contribution in [-0.4, -0.2) is 5.97 Å². The second-order valence-corrected chi connectivity index (χ2v) is 5.54. The molecule has 0 aliphatic carbocycles. The Kier molecular flexibility index (Phi) is 5.04. The average molecular weight is 349 g/mol. The average Bonchev–Trinajstić information content (AvgIpc) is 2.69. The molecule has 0 unspecified atom stereocenters. The zero-order chi connectivity index (χ0) is 18.5. The number of carbonyl (C=O) groups excluding carboxylic acids is 1. The van der Waals surface area contributed by atoms with E-state index in [1.807, 2.05) is 12.1 Å². The van der Waals surface area contributed by atoms with E-state index in [-0.39, 0.29) is 12.2 Å². The summed E-state index contributed by atoms with van der Waals surface area (Å²) in [5.41, 5.74) is 0.919. The molecule has 0 aliphatic heterocycles. The van der Waals surface area contributed by atoms with Crippen molar-refractivity contribution in [1.82, 2.24) is 0 Å². The maximum atomic E-state index is 14.4. The number of benzene rings is 3. The monoisotopic (exact) mass is 349 g/mol. The molecule has 128 valence electrons. The Morgan fingerprint density at radius 2 is 1.73 bits per heavy atom. The molecule has 0 radical (unpaired) electrons. The molecule has 0 fully saturated rings. The van der Waals surface area contributed by atoms with Crippen LogP contribution in [0.4, 0.5) is 8.78 Å². The first-order chi connectivity index (χ1) is 12.6. The van der Waals surface area contributed by atoms with E-state index in [0.717, 1.165) is 5.56 Å². The molecule has 0 spiro atoms. The Morgan fingerprint density at radius 1 is 0.962 bits per heavy atom. The quantitative estimate of drug-likeness (QED) is 0.632. The molecule has 0 N–H and O–H groups in total. The van der Waals surface area contributed by atoms with Crippen molar-refractivity contribution in [3.8, 4) is 17.2 Å². The molecule has 26 heavy (non-hydrogen) atoms. The largest absolute Gasteiger partial charge is 0.457 e. The zero-order valence-electron chi connectivity index (χ0n) is 13.6. The minimum absolute atomic E-state index is 0.0285. The first-order valence-corrected chi connectivity index (χ1v) is 7.79. The lowest BCUT2D eigenvalue weighted by Crippen LogP contribution is -2.09. The molecule has 3 rings (SSSR count). The van der Waals surface area contributed by atoms with Crippen molar-refractivity contribution in [3.63, 3.8) is 0 Å². The minimum atomic E-state index is -1.28. The number of nitrogens with zero attached hydrogens (tertiary/aromatic N) is 1. The molecule has 0 bridgehead atoms. The normalized spacial score (nSPS) is 10.2.